The number of urea groups is 1. The fourth-order valence-corrected chi connectivity index (χ4v) is 2.67. The normalized spacial score (nSPS) is 21.2. The van der Waals surface area contributed by atoms with Gasteiger partial charge in [-0.25, -0.2) is 4.79 Å². The molecule has 0 bridgehead atoms. The SMILES string of the molecule is CC(NC(=O)NCC1CCCO1)c1ccc2c(c1)OCCO2. The lowest BCUT2D eigenvalue weighted by atomic mass is 10.1. The Labute approximate surface area is 130 Å². The maximum absolute atomic E-state index is 11.9. The van der Waals surface area contributed by atoms with Crippen molar-refractivity contribution >= 4 is 6.03 Å². The van der Waals surface area contributed by atoms with Gasteiger partial charge in [0.15, 0.2) is 11.5 Å². The van der Waals surface area contributed by atoms with Crippen LogP contribution in [0.15, 0.2) is 18.2 Å². The van der Waals surface area contributed by atoms with Crippen molar-refractivity contribution in [1.29, 1.82) is 0 Å². The monoisotopic (exact) mass is 306 g/mol. The number of carbonyl (C=O) groups is 1. The van der Waals surface area contributed by atoms with Gasteiger partial charge in [-0.1, -0.05) is 6.07 Å². The topological polar surface area (TPSA) is 68.8 Å². The van der Waals surface area contributed by atoms with Crippen molar-refractivity contribution in [2.45, 2.75) is 31.9 Å². The molecule has 2 amide bonds. The summed E-state index contributed by atoms with van der Waals surface area (Å²) in [5.41, 5.74) is 0.983. The fraction of sp³-hybridized carbons (Fsp3) is 0.562. The molecule has 0 aromatic heterocycles. The highest BCUT2D eigenvalue weighted by Crippen LogP contribution is 2.32. The van der Waals surface area contributed by atoms with Crippen LogP contribution in [0, 0.1) is 0 Å². The van der Waals surface area contributed by atoms with Crippen LogP contribution in [0.4, 0.5) is 4.79 Å². The van der Waals surface area contributed by atoms with Gasteiger partial charge in [0.1, 0.15) is 13.2 Å². The summed E-state index contributed by atoms with van der Waals surface area (Å²) in [4.78, 5) is 11.9. The minimum atomic E-state index is -0.183. The molecule has 2 unspecified atom stereocenters. The van der Waals surface area contributed by atoms with E-state index >= 15 is 0 Å². The Morgan fingerprint density at radius 1 is 1.27 bits per heavy atom. The molecule has 6 nitrogen and oxygen atoms in total. The van der Waals surface area contributed by atoms with E-state index in [1.807, 2.05) is 25.1 Å². The molecule has 0 saturated carbocycles. The molecule has 2 heterocycles. The molecule has 2 atom stereocenters. The van der Waals surface area contributed by atoms with Crippen LogP contribution in [-0.2, 0) is 4.74 Å². The van der Waals surface area contributed by atoms with Crippen LogP contribution in [0.1, 0.15) is 31.4 Å². The minimum Gasteiger partial charge on any atom is -0.486 e. The van der Waals surface area contributed by atoms with Crippen molar-refractivity contribution < 1.29 is 19.0 Å². The van der Waals surface area contributed by atoms with Gasteiger partial charge >= 0.3 is 6.03 Å². The Balaban J connectivity index is 1.52. The first-order valence-corrected chi connectivity index (χ1v) is 7.78. The molecule has 2 aliphatic rings. The fourth-order valence-electron chi connectivity index (χ4n) is 2.67. The Morgan fingerprint density at radius 3 is 2.86 bits per heavy atom. The van der Waals surface area contributed by atoms with Gasteiger partial charge in [-0.3, -0.25) is 0 Å². The van der Waals surface area contributed by atoms with Crippen molar-refractivity contribution in [2.24, 2.45) is 0 Å². The van der Waals surface area contributed by atoms with E-state index in [4.69, 9.17) is 14.2 Å². The summed E-state index contributed by atoms with van der Waals surface area (Å²) in [5.74, 6) is 1.49. The van der Waals surface area contributed by atoms with E-state index < -0.39 is 0 Å². The van der Waals surface area contributed by atoms with Gasteiger partial charge in [0.2, 0.25) is 0 Å². The van der Waals surface area contributed by atoms with Crippen molar-refractivity contribution in [3.63, 3.8) is 0 Å². The Bertz CT molecular complexity index is 529. The number of amides is 2. The van der Waals surface area contributed by atoms with Crippen molar-refractivity contribution in [1.82, 2.24) is 10.6 Å². The number of carbonyl (C=O) groups excluding carboxylic acids is 1. The standard InChI is InChI=1S/C16H22N2O4/c1-11(18-16(19)17-10-13-3-2-6-20-13)12-4-5-14-15(9-12)22-8-7-21-14/h4-5,9,11,13H,2-3,6-8,10H2,1H3,(H2,17,18,19). The molecule has 6 heteroatoms. The molecule has 2 aliphatic heterocycles. The van der Waals surface area contributed by atoms with Crippen LogP contribution in [0.3, 0.4) is 0 Å². The third-order valence-corrected chi connectivity index (χ3v) is 3.93. The highest BCUT2D eigenvalue weighted by Gasteiger charge is 2.18. The molecule has 3 rings (SSSR count). The average molecular weight is 306 g/mol. The summed E-state index contributed by atoms with van der Waals surface area (Å²) in [6.45, 7) is 4.42. The highest BCUT2D eigenvalue weighted by molar-refractivity contribution is 5.74. The molecule has 0 aliphatic carbocycles. The van der Waals surface area contributed by atoms with Gasteiger partial charge in [-0.05, 0) is 37.5 Å². The smallest absolute Gasteiger partial charge is 0.315 e. The number of nitrogens with one attached hydrogen (secondary N) is 2. The number of ether oxygens (including phenoxy) is 3. The lowest BCUT2D eigenvalue weighted by Gasteiger charge is -2.21. The van der Waals surface area contributed by atoms with Crippen LogP contribution >= 0.6 is 0 Å². The molecule has 1 aromatic rings. The minimum absolute atomic E-state index is 0.111. The van der Waals surface area contributed by atoms with Gasteiger partial charge in [-0.2, -0.15) is 0 Å². The third-order valence-electron chi connectivity index (χ3n) is 3.93. The lowest BCUT2D eigenvalue weighted by molar-refractivity contribution is 0.111. The van der Waals surface area contributed by atoms with Crippen molar-refractivity contribution in [2.75, 3.05) is 26.4 Å². The first-order valence-electron chi connectivity index (χ1n) is 7.78. The molecule has 1 fully saturated rings. The van der Waals surface area contributed by atoms with Gasteiger partial charge in [0.05, 0.1) is 12.1 Å². The molecule has 1 aromatic carbocycles. The number of rotatable bonds is 4. The molecular weight excluding hydrogens is 284 g/mol. The van der Waals surface area contributed by atoms with Gasteiger partial charge < -0.3 is 24.8 Å². The summed E-state index contributed by atoms with van der Waals surface area (Å²) in [5, 5.41) is 5.78. The van der Waals surface area contributed by atoms with Crippen molar-refractivity contribution in [3.05, 3.63) is 23.8 Å². The van der Waals surface area contributed by atoms with E-state index in [0.717, 1.165) is 36.5 Å². The first kappa shape index (κ1) is 15.0. The van der Waals surface area contributed by atoms with E-state index in [-0.39, 0.29) is 18.2 Å². The maximum atomic E-state index is 11.9. The summed E-state index contributed by atoms with van der Waals surface area (Å²) in [6, 6.07) is 5.45. The van der Waals surface area contributed by atoms with Crippen LogP contribution < -0.4 is 20.1 Å². The number of fused-ring (bicyclic) bond motifs is 1. The molecule has 2 N–H and O–H groups in total. The summed E-state index contributed by atoms with van der Waals surface area (Å²) in [7, 11) is 0. The second kappa shape index (κ2) is 6.87. The highest BCUT2D eigenvalue weighted by atomic mass is 16.6. The average Bonchev–Trinajstić information content (AvgIpc) is 3.06. The van der Waals surface area contributed by atoms with E-state index in [1.54, 1.807) is 0 Å². The molecule has 22 heavy (non-hydrogen) atoms. The maximum Gasteiger partial charge on any atom is 0.315 e. The van der Waals surface area contributed by atoms with E-state index in [9.17, 15) is 4.79 Å². The van der Waals surface area contributed by atoms with Crippen LogP contribution in [0.25, 0.3) is 0 Å². The number of hydrogen-bond acceptors (Lipinski definition) is 4. The summed E-state index contributed by atoms with van der Waals surface area (Å²) < 4.78 is 16.5. The summed E-state index contributed by atoms with van der Waals surface area (Å²) >= 11 is 0. The van der Waals surface area contributed by atoms with Crippen LogP contribution in [-0.4, -0.2) is 38.5 Å². The van der Waals surface area contributed by atoms with E-state index in [1.165, 1.54) is 0 Å². The lowest BCUT2D eigenvalue weighted by Crippen LogP contribution is -2.40. The van der Waals surface area contributed by atoms with E-state index in [2.05, 4.69) is 10.6 Å². The summed E-state index contributed by atoms with van der Waals surface area (Å²) in [6.07, 6.45) is 2.23. The Hall–Kier alpha value is -1.95. The second-order valence-corrected chi connectivity index (χ2v) is 5.61. The molecule has 0 radical (unpaired) electrons. The molecular formula is C16H22N2O4. The predicted molar refractivity (Wildman–Crippen MR) is 81.4 cm³/mol. The Kier molecular flexibility index (Phi) is 4.68. The zero-order chi connectivity index (χ0) is 15.4. The van der Waals surface area contributed by atoms with Crippen LogP contribution in [0.2, 0.25) is 0 Å². The number of hydrogen-bond donors (Lipinski definition) is 2. The molecule has 120 valence electrons. The largest absolute Gasteiger partial charge is 0.486 e. The van der Waals surface area contributed by atoms with Gasteiger partial charge in [0, 0.05) is 13.2 Å². The van der Waals surface area contributed by atoms with Gasteiger partial charge in [-0.15, -0.1) is 0 Å². The third kappa shape index (κ3) is 3.62. The second-order valence-electron chi connectivity index (χ2n) is 5.61. The Morgan fingerprint density at radius 2 is 2.09 bits per heavy atom. The molecule has 1 saturated heterocycles. The number of benzene rings is 1. The predicted octanol–water partition coefficient (Wildman–Crippen LogP) is 2.00. The van der Waals surface area contributed by atoms with E-state index in [0.29, 0.717) is 19.8 Å². The zero-order valence-electron chi connectivity index (χ0n) is 12.8. The van der Waals surface area contributed by atoms with Gasteiger partial charge in [0.25, 0.3) is 0 Å². The zero-order valence-corrected chi connectivity index (χ0v) is 12.8. The quantitative estimate of drug-likeness (QED) is 0.892. The van der Waals surface area contributed by atoms with Crippen molar-refractivity contribution in [3.8, 4) is 11.5 Å². The van der Waals surface area contributed by atoms with Crippen LogP contribution in [0.5, 0.6) is 11.5 Å². The first-order chi connectivity index (χ1) is 10.7. The molecule has 0 spiro atoms.